The summed E-state index contributed by atoms with van der Waals surface area (Å²) in [5, 5.41) is 0. The highest BCUT2D eigenvalue weighted by molar-refractivity contribution is 4.95. The molecule has 3 fully saturated rings. The fourth-order valence-electron chi connectivity index (χ4n) is 5.86. The van der Waals surface area contributed by atoms with Gasteiger partial charge in [-0.1, -0.05) is 122 Å². The number of nitrogens with two attached hydrogens (primary N) is 1. The Bertz CT molecular complexity index is 373. The van der Waals surface area contributed by atoms with Gasteiger partial charge in [0.1, 0.15) is 0 Å². The van der Waals surface area contributed by atoms with Gasteiger partial charge in [-0.3, -0.25) is 4.90 Å². The van der Waals surface area contributed by atoms with Crippen LogP contribution in [0.2, 0.25) is 0 Å². The number of hydrogen-bond donors (Lipinski definition) is 1. The van der Waals surface area contributed by atoms with Gasteiger partial charge in [0, 0.05) is 13.1 Å². The quantitative estimate of drug-likeness (QED) is 0.219. The summed E-state index contributed by atoms with van der Waals surface area (Å²) in [6, 6.07) is 0. The van der Waals surface area contributed by atoms with Crippen LogP contribution in [0.15, 0.2) is 0 Å². The Morgan fingerprint density at radius 2 is 1.00 bits per heavy atom. The van der Waals surface area contributed by atoms with Crippen molar-refractivity contribution in [1.29, 1.82) is 0 Å². The standard InChI is InChI=1S/C27H54N2/c1-2-3-4-5-6-7-8-9-10-11-12-13-14-15-16-17-18-19-20-27-21-23-29(24-22-27)26(28)25-27/h26H,2-25,28H2,1H3. The normalized spacial score (nSPS) is 26.3. The highest BCUT2D eigenvalue weighted by Crippen LogP contribution is 2.45. The van der Waals surface area contributed by atoms with Crippen molar-refractivity contribution in [1.82, 2.24) is 4.90 Å². The van der Waals surface area contributed by atoms with E-state index in [1.807, 2.05) is 0 Å². The Hall–Kier alpha value is -0.0800. The van der Waals surface area contributed by atoms with Crippen molar-refractivity contribution < 1.29 is 0 Å². The monoisotopic (exact) mass is 406 g/mol. The summed E-state index contributed by atoms with van der Waals surface area (Å²) >= 11 is 0. The molecule has 3 aliphatic rings. The summed E-state index contributed by atoms with van der Waals surface area (Å²) in [5.41, 5.74) is 6.93. The lowest BCUT2D eigenvalue weighted by molar-refractivity contribution is -0.0245. The number of unbranched alkanes of at least 4 members (excludes halogenated alkanes) is 17. The molecule has 0 amide bonds. The van der Waals surface area contributed by atoms with Crippen LogP contribution in [0.4, 0.5) is 0 Å². The minimum absolute atomic E-state index is 0.369. The lowest BCUT2D eigenvalue weighted by Crippen LogP contribution is -2.57. The molecule has 1 atom stereocenters. The summed E-state index contributed by atoms with van der Waals surface area (Å²) < 4.78 is 0. The van der Waals surface area contributed by atoms with Crippen molar-refractivity contribution in [3.05, 3.63) is 0 Å². The fraction of sp³-hybridized carbons (Fsp3) is 1.00. The zero-order valence-corrected chi connectivity index (χ0v) is 20.1. The van der Waals surface area contributed by atoms with E-state index in [1.165, 1.54) is 154 Å². The van der Waals surface area contributed by atoms with Crippen LogP contribution >= 0.6 is 0 Å². The number of hydrogen-bond acceptors (Lipinski definition) is 2. The fourth-order valence-corrected chi connectivity index (χ4v) is 5.86. The van der Waals surface area contributed by atoms with Gasteiger partial charge >= 0.3 is 0 Å². The van der Waals surface area contributed by atoms with Gasteiger partial charge in [0.25, 0.3) is 0 Å². The molecule has 2 nitrogen and oxygen atoms in total. The van der Waals surface area contributed by atoms with Crippen molar-refractivity contribution in [3.63, 3.8) is 0 Å². The van der Waals surface area contributed by atoms with Crippen LogP contribution < -0.4 is 5.73 Å². The average molecular weight is 407 g/mol. The number of fused-ring (bicyclic) bond motifs is 3. The van der Waals surface area contributed by atoms with Gasteiger partial charge < -0.3 is 5.73 Å². The Morgan fingerprint density at radius 3 is 1.38 bits per heavy atom. The van der Waals surface area contributed by atoms with Crippen LogP contribution in [0.3, 0.4) is 0 Å². The van der Waals surface area contributed by atoms with Crippen LogP contribution in [-0.4, -0.2) is 24.2 Å². The molecule has 2 heteroatoms. The Morgan fingerprint density at radius 1 is 0.621 bits per heavy atom. The summed E-state index contributed by atoms with van der Waals surface area (Å²) in [7, 11) is 0. The number of nitrogens with zero attached hydrogens (tertiary/aromatic N) is 1. The van der Waals surface area contributed by atoms with Crippen molar-refractivity contribution in [2.24, 2.45) is 11.1 Å². The zero-order valence-electron chi connectivity index (χ0n) is 20.1. The van der Waals surface area contributed by atoms with Gasteiger partial charge in [0.15, 0.2) is 0 Å². The van der Waals surface area contributed by atoms with Crippen LogP contribution in [0.5, 0.6) is 0 Å². The molecule has 0 spiro atoms. The summed E-state index contributed by atoms with van der Waals surface area (Å²) in [5.74, 6) is 0. The molecule has 172 valence electrons. The van der Waals surface area contributed by atoms with E-state index in [0.717, 1.165) is 0 Å². The summed E-state index contributed by atoms with van der Waals surface area (Å²) in [6.07, 6.45) is 32.3. The lowest BCUT2D eigenvalue weighted by atomic mass is 9.68. The van der Waals surface area contributed by atoms with Gasteiger partial charge in [-0.2, -0.15) is 0 Å². The van der Waals surface area contributed by atoms with E-state index in [-0.39, 0.29) is 0 Å². The first kappa shape index (κ1) is 25.2. The molecule has 3 saturated heterocycles. The van der Waals surface area contributed by atoms with E-state index < -0.39 is 0 Å². The second-order valence-corrected chi connectivity index (χ2v) is 10.6. The van der Waals surface area contributed by atoms with Crippen molar-refractivity contribution in [2.45, 2.75) is 154 Å². The number of piperidine rings is 3. The van der Waals surface area contributed by atoms with Crippen molar-refractivity contribution in [2.75, 3.05) is 13.1 Å². The maximum absolute atomic E-state index is 6.30. The van der Waals surface area contributed by atoms with E-state index in [1.54, 1.807) is 0 Å². The maximum atomic E-state index is 6.30. The molecule has 3 rings (SSSR count). The smallest absolute Gasteiger partial charge is 0.0577 e. The molecular weight excluding hydrogens is 352 g/mol. The predicted octanol–water partition coefficient (Wildman–Crippen LogP) is 8.19. The third-order valence-corrected chi connectivity index (χ3v) is 8.03. The third-order valence-electron chi connectivity index (χ3n) is 8.03. The molecule has 0 aromatic heterocycles. The molecule has 0 aromatic rings. The summed E-state index contributed by atoms with van der Waals surface area (Å²) in [4.78, 5) is 2.50. The number of rotatable bonds is 19. The van der Waals surface area contributed by atoms with Crippen LogP contribution in [0.1, 0.15) is 148 Å². The molecule has 0 saturated carbocycles. The van der Waals surface area contributed by atoms with E-state index in [4.69, 9.17) is 5.73 Å². The predicted molar refractivity (Wildman–Crippen MR) is 129 cm³/mol. The largest absolute Gasteiger partial charge is 0.316 e. The zero-order chi connectivity index (χ0) is 20.6. The van der Waals surface area contributed by atoms with E-state index >= 15 is 0 Å². The molecular formula is C27H54N2. The van der Waals surface area contributed by atoms with E-state index in [2.05, 4.69) is 11.8 Å². The minimum Gasteiger partial charge on any atom is -0.316 e. The highest BCUT2D eigenvalue weighted by atomic mass is 15.2. The van der Waals surface area contributed by atoms with Crippen molar-refractivity contribution in [3.8, 4) is 0 Å². The molecule has 0 aromatic carbocycles. The first-order valence-corrected chi connectivity index (χ1v) is 13.8. The maximum Gasteiger partial charge on any atom is 0.0577 e. The first-order valence-electron chi connectivity index (χ1n) is 13.8. The molecule has 0 radical (unpaired) electrons. The molecule has 2 bridgehead atoms. The van der Waals surface area contributed by atoms with Crippen LogP contribution in [-0.2, 0) is 0 Å². The van der Waals surface area contributed by atoms with Crippen LogP contribution in [0.25, 0.3) is 0 Å². The SMILES string of the molecule is CCCCCCCCCCCCCCCCCCCCC12CCN(CC1)C(N)C2. The lowest BCUT2D eigenvalue weighted by Gasteiger charge is -2.52. The highest BCUT2D eigenvalue weighted by Gasteiger charge is 2.42. The second-order valence-electron chi connectivity index (χ2n) is 10.6. The van der Waals surface area contributed by atoms with Gasteiger partial charge in [-0.05, 0) is 31.1 Å². The second kappa shape index (κ2) is 15.7. The van der Waals surface area contributed by atoms with Crippen molar-refractivity contribution >= 4 is 0 Å². The molecule has 0 aliphatic carbocycles. The molecule has 29 heavy (non-hydrogen) atoms. The Balaban J connectivity index is 1.27. The van der Waals surface area contributed by atoms with Gasteiger partial charge in [-0.15, -0.1) is 0 Å². The summed E-state index contributed by atoms with van der Waals surface area (Å²) in [6.45, 7) is 4.83. The molecule has 3 heterocycles. The topological polar surface area (TPSA) is 29.3 Å². The van der Waals surface area contributed by atoms with Gasteiger partial charge in [-0.25, -0.2) is 0 Å². The molecule has 2 N–H and O–H groups in total. The minimum atomic E-state index is 0.369. The third kappa shape index (κ3) is 10.7. The Kier molecular flexibility index (Phi) is 13.6. The van der Waals surface area contributed by atoms with Crippen LogP contribution in [0, 0.1) is 5.41 Å². The average Bonchev–Trinajstić information content (AvgIpc) is 2.73. The Labute approximate surface area is 183 Å². The van der Waals surface area contributed by atoms with E-state index in [9.17, 15) is 0 Å². The van der Waals surface area contributed by atoms with Gasteiger partial charge in [0.05, 0.1) is 6.17 Å². The molecule has 1 unspecified atom stereocenters. The first-order chi connectivity index (χ1) is 14.3. The van der Waals surface area contributed by atoms with Gasteiger partial charge in [0.2, 0.25) is 0 Å². The van der Waals surface area contributed by atoms with E-state index in [0.29, 0.717) is 11.6 Å². The molecule has 3 aliphatic heterocycles.